The third-order valence-electron chi connectivity index (χ3n) is 4.62. The molecule has 0 unspecified atom stereocenters. The number of nitrogens with zero attached hydrogens (tertiary/aromatic N) is 3. The molecule has 2 N–H and O–H groups in total. The molecule has 4 rings (SSSR count). The van der Waals surface area contributed by atoms with Crippen LogP contribution in [-0.2, 0) is 16.4 Å². The average molecular weight is 466 g/mol. The molecule has 8 nitrogen and oxygen atoms in total. The molecule has 0 bridgehead atoms. The molecule has 1 aromatic carbocycles. The molecule has 156 valence electrons. The van der Waals surface area contributed by atoms with Crippen LogP contribution in [0.1, 0.15) is 27.9 Å². The molecule has 1 saturated heterocycles. The van der Waals surface area contributed by atoms with Crippen LogP contribution in [0.3, 0.4) is 0 Å². The van der Waals surface area contributed by atoms with Crippen molar-refractivity contribution >= 4 is 50.6 Å². The molecule has 2 aromatic heterocycles. The van der Waals surface area contributed by atoms with Gasteiger partial charge in [0.25, 0.3) is 5.91 Å². The van der Waals surface area contributed by atoms with Gasteiger partial charge in [0.1, 0.15) is 5.82 Å². The first kappa shape index (κ1) is 20.6. The summed E-state index contributed by atoms with van der Waals surface area (Å²) in [5.74, 6) is -0.258. The topological polar surface area (TPSA) is 108 Å². The predicted molar refractivity (Wildman–Crippen MR) is 116 cm³/mol. The van der Waals surface area contributed by atoms with Crippen LogP contribution in [0.4, 0.5) is 11.5 Å². The number of nitrogens with one attached hydrogen (secondary N) is 2. The minimum Gasteiger partial charge on any atom is -0.322 e. The summed E-state index contributed by atoms with van der Waals surface area (Å²) < 4.78 is 25.5. The van der Waals surface area contributed by atoms with E-state index < -0.39 is 15.9 Å². The lowest BCUT2D eigenvalue weighted by atomic mass is 10.1. The van der Waals surface area contributed by atoms with E-state index in [-0.39, 0.29) is 22.2 Å². The number of amides is 1. The molecule has 1 aliphatic rings. The number of hydrogen-bond donors (Lipinski definition) is 2. The Bertz CT molecular complexity index is 1200. The maximum Gasteiger partial charge on any atom is 0.257 e. The molecule has 0 saturated carbocycles. The van der Waals surface area contributed by atoms with Gasteiger partial charge in [-0.1, -0.05) is 23.2 Å². The van der Waals surface area contributed by atoms with Gasteiger partial charge in [0.2, 0.25) is 10.0 Å². The lowest BCUT2D eigenvalue weighted by molar-refractivity contribution is 0.102. The second-order valence-corrected chi connectivity index (χ2v) is 9.71. The minimum atomic E-state index is -3.42. The summed E-state index contributed by atoms with van der Waals surface area (Å²) in [6, 6.07) is 6.62. The largest absolute Gasteiger partial charge is 0.322 e. The van der Waals surface area contributed by atoms with Crippen molar-refractivity contribution in [2.45, 2.75) is 12.8 Å². The van der Waals surface area contributed by atoms with Gasteiger partial charge >= 0.3 is 0 Å². The Morgan fingerprint density at radius 2 is 2.00 bits per heavy atom. The van der Waals surface area contributed by atoms with Crippen molar-refractivity contribution in [1.29, 1.82) is 0 Å². The zero-order chi connectivity index (χ0) is 21.3. The van der Waals surface area contributed by atoms with Crippen molar-refractivity contribution in [3.63, 3.8) is 0 Å². The van der Waals surface area contributed by atoms with Crippen LogP contribution >= 0.6 is 23.2 Å². The minimum absolute atomic E-state index is 0.0563. The molecule has 1 fully saturated rings. The molecule has 0 aliphatic carbocycles. The highest BCUT2D eigenvalue weighted by molar-refractivity contribution is 7.93. The first-order valence-electron chi connectivity index (χ1n) is 9.06. The van der Waals surface area contributed by atoms with Gasteiger partial charge in [-0.25, -0.2) is 13.4 Å². The van der Waals surface area contributed by atoms with Crippen LogP contribution < -0.4 is 9.62 Å². The van der Waals surface area contributed by atoms with Gasteiger partial charge in [0, 0.05) is 36.1 Å². The van der Waals surface area contributed by atoms with Gasteiger partial charge in [0.15, 0.2) is 0 Å². The van der Waals surface area contributed by atoms with Crippen LogP contribution in [0, 0.1) is 0 Å². The zero-order valence-electron chi connectivity index (χ0n) is 15.6. The Hall–Kier alpha value is -2.62. The van der Waals surface area contributed by atoms with E-state index in [9.17, 15) is 13.2 Å². The monoisotopic (exact) mass is 465 g/mol. The number of aromatic amines is 1. The summed E-state index contributed by atoms with van der Waals surface area (Å²) in [5.41, 5.74) is 2.49. The molecule has 0 atom stereocenters. The van der Waals surface area contributed by atoms with E-state index >= 15 is 0 Å². The highest BCUT2D eigenvalue weighted by atomic mass is 35.5. The SMILES string of the molecule is O=C(Nc1cc(Cl)cc(Cc2cn[nH]c2)c1)c1cc(N2CCCS2(=O)=O)ncc1Cl. The standard InChI is InChI=1S/C19H17Cl2N5O3S/c20-14-5-12(4-13-9-23-24-10-13)6-15(7-14)25-19(27)16-8-18(22-11-17(16)21)26-2-1-3-30(26,28)29/h5-11H,1-4H2,(H,23,24)(H,25,27). The van der Waals surface area contributed by atoms with E-state index in [1.807, 2.05) is 0 Å². The van der Waals surface area contributed by atoms with Crippen molar-refractivity contribution in [2.24, 2.45) is 0 Å². The van der Waals surface area contributed by atoms with Gasteiger partial charge in [0.05, 0.1) is 22.5 Å². The van der Waals surface area contributed by atoms with Crippen molar-refractivity contribution in [1.82, 2.24) is 15.2 Å². The van der Waals surface area contributed by atoms with E-state index in [4.69, 9.17) is 23.2 Å². The summed E-state index contributed by atoms with van der Waals surface area (Å²) >= 11 is 12.4. The highest BCUT2D eigenvalue weighted by Crippen LogP contribution is 2.27. The third kappa shape index (κ3) is 4.43. The molecule has 1 amide bonds. The van der Waals surface area contributed by atoms with Crippen molar-refractivity contribution in [3.8, 4) is 0 Å². The number of halogens is 2. The average Bonchev–Trinajstić information content (AvgIpc) is 3.30. The third-order valence-corrected chi connectivity index (χ3v) is 6.98. The normalized spacial score (nSPS) is 15.3. The number of anilines is 2. The van der Waals surface area contributed by atoms with Crippen LogP contribution in [0.15, 0.2) is 42.9 Å². The van der Waals surface area contributed by atoms with E-state index in [1.54, 1.807) is 30.6 Å². The van der Waals surface area contributed by atoms with E-state index in [0.717, 1.165) is 11.1 Å². The van der Waals surface area contributed by atoms with Crippen LogP contribution in [0.5, 0.6) is 0 Å². The summed E-state index contributed by atoms with van der Waals surface area (Å²) in [6.45, 7) is 0.323. The van der Waals surface area contributed by atoms with Crippen molar-refractivity contribution in [2.75, 3.05) is 21.9 Å². The molecule has 3 heterocycles. The van der Waals surface area contributed by atoms with Crippen LogP contribution in [0.2, 0.25) is 10.0 Å². The van der Waals surface area contributed by atoms with E-state index in [0.29, 0.717) is 30.1 Å². The smallest absolute Gasteiger partial charge is 0.257 e. The van der Waals surface area contributed by atoms with Crippen molar-refractivity contribution < 1.29 is 13.2 Å². The summed E-state index contributed by atoms with van der Waals surface area (Å²) in [6.07, 6.45) is 5.87. The lowest BCUT2D eigenvalue weighted by Gasteiger charge is -2.17. The predicted octanol–water partition coefficient (Wildman–Crippen LogP) is 3.49. The number of carbonyl (C=O) groups excluding carboxylic acids is 1. The number of rotatable bonds is 5. The Morgan fingerprint density at radius 1 is 1.17 bits per heavy atom. The van der Waals surface area contributed by atoms with Gasteiger partial charge in [-0.3, -0.25) is 14.2 Å². The fourth-order valence-electron chi connectivity index (χ4n) is 3.27. The molecule has 0 radical (unpaired) electrons. The molecule has 1 aliphatic heterocycles. The Morgan fingerprint density at radius 3 is 2.70 bits per heavy atom. The lowest BCUT2D eigenvalue weighted by Crippen LogP contribution is -2.26. The fourth-order valence-corrected chi connectivity index (χ4v) is 5.22. The van der Waals surface area contributed by atoms with Gasteiger partial charge < -0.3 is 5.32 Å². The Labute approximate surface area is 183 Å². The van der Waals surface area contributed by atoms with Crippen molar-refractivity contribution in [3.05, 3.63) is 69.6 Å². The number of carbonyl (C=O) groups is 1. The first-order chi connectivity index (χ1) is 14.3. The van der Waals surface area contributed by atoms with Gasteiger partial charge in [-0.05, 0) is 41.8 Å². The van der Waals surface area contributed by atoms with E-state index in [2.05, 4.69) is 20.5 Å². The second kappa shape index (κ2) is 8.25. The van der Waals surface area contributed by atoms with Gasteiger partial charge in [-0.15, -0.1) is 0 Å². The maximum atomic E-state index is 12.9. The Kier molecular flexibility index (Phi) is 5.68. The number of aromatic nitrogens is 3. The molecular weight excluding hydrogens is 449 g/mol. The quantitative estimate of drug-likeness (QED) is 0.599. The zero-order valence-corrected chi connectivity index (χ0v) is 17.9. The van der Waals surface area contributed by atoms with E-state index in [1.165, 1.54) is 16.6 Å². The van der Waals surface area contributed by atoms with Crippen LogP contribution in [0.25, 0.3) is 0 Å². The summed E-state index contributed by atoms with van der Waals surface area (Å²) in [7, 11) is -3.42. The maximum absolute atomic E-state index is 12.9. The second-order valence-electron chi connectivity index (χ2n) is 6.85. The Balaban J connectivity index is 1.58. The van der Waals surface area contributed by atoms with Gasteiger partial charge in [-0.2, -0.15) is 5.10 Å². The number of sulfonamides is 1. The van der Waals surface area contributed by atoms with Crippen LogP contribution in [-0.4, -0.2) is 41.8 Å². The highest BCUT2D eigenvalue weighted by Gasteiger charge is 2.30. The number of hydrogen-bond acceptors (Lipinski definition) is 5. The number of pyridine rings is 1. The molecule has 0 spiro atoms. The number of benzene rings is 1. The molecule has 30 heavy (non-hydrogen) atoms. The molecule has 11 heteroatoms. The molecule has 3 aromatic rings. The molecular formula is C19H17Cl2N5O3S. The fraction of sp³-hybridized carbons (Fsp3) is 0.211. The summed E-state index contributed by atoms with van der Waals surface area (Å²) in [4.78, 5) is 16.9. The first-order valence-corrected chi connectivity index (χ1v) is 11.4. The summed E-state index contributed by atoms with van der Waals surface area (Å²) in [5, 5.41) is 10.0. The number of H-pyrrole nitrogens is 1.